The van der Waals surface area contributed by atoms with Gasteiger partial charge in [-0.2, -0.15) is 10.5 Å². The maximum absolute atomic E-state index is 14.3. The summed E-state index contributed by atoms with van der Waals surface area (Å²) in [7, 11) is 0. The van der Waals surface area contributed by atoms with Crippen LogP contribution >= 0.6 is 0 Å². The molecule has 29 heavy (non-hydrogen) atoms. The fourth-order valence-electron chi connectivity index (χ4n) is 3.08. The van der Waals surface area contributed by atoms with Gasteiger partial charge in [-0.05, 0) is 24.3 Å². The molecule has 0 aliphatic heterocycles. The van der Waals surface area contributed by atoms with Gasteiger partial charge in [-0.25, -0.2) is 19.3 Å². The molecule has 2 aromatic heterocycles. The Morgan fingerprint density at radius 2 is 1.79 bits per heavy atom. The lowest BCUT2D eigenvalue weighted by atomic mass is 10.2. The van der Waals surface area contributed by atoms with E-state index in [9.17, 15) is 14.9 Å². The second-order valence-electron chi connectivity index (χ2n) is 6.05. The Bertz CT molecular complexity index is 1300. The van der Waals surface area contributed by atoms with Crippen molar-refractivity contribution < 1.29 is 4.39 Å². The molecule has 0 spiro atoms. The highest BCUT2D eigenvalue weighted by Gasteiger charge is 2.19. The zero-order valence-corrected chi connectivity index (χ0v) is 15.0. The quantitative estimate of drug-likeness (QED) is 0.553. The Morgan fingerprint density at radius 3 is 2.52 bits per heavy atom. The van der Waals surface area contributed by atoms with Crippen LogP contribution in [-0.2, 0) is 6.54 Å². The third kappa shape index (κ3) is 3.07. The minimum Gasteiger partial charge on any atom is -0.382 e. The number of anilines is 2. The number of hydrogen-bond donors (Lipinski definition) is 2. The van der Waals surface area contributed by atoms with Gasteiger partial charge in [0.2, 0.25) is 0 Å². The highest BCUT2D eigenvalue weighted by molar-refractivity contribution is 5.84. The van der Waals surface area contributed by atoms with E-state index >= 15 is 0 Å². The number of nitrogens with one attached hydrogen (secondary N) is 1. The summed E-state index contributed by atoms with van der Waals surface area (Å²) < 4.78 is 16.0. The second-order valence-corrected chi connectivity index (χ2v) is 6.05. The average Bonchev–Trinajstić information content (AvgIpc) is 3.11. The van der Waals surface area contributed by atoms with Gasteiger partial charge in [-0.15, -0.1) is 0 Å². The lowest BCUT2D eigenvalue weighted by Crippen LogP contribution is -2.11. The SMILES string of the molecule is N#Cc1c(N)ncnc1NCc1nc2ccc(F)c(C#N)c2n1-c1ccccc1. The van der Waals surface area contributed by atoms with Gasteiger partial charge in [0.15, 0.2) is 0 Å². The summed E-state index contributed by atoms with van der Waals surface area (Å²) in [6, 6.07) is 15.8. The van der Waals surface area contributed by atoms with Gasteiger partial charge in [-0.1, -0.05) is 18.2 Å². The van der Waals surface area contributed by atoms with Crippen LogP contribution in [0.5, 0.6) is 0 Å². The number of fused-ring (bicyclic) bond motifs is 1. The number of benzene rings is 2. The van der Waals surface area contributed by atoms with Crippen LogP contribution in [0.4, 0.5) is 16.0 Å². The van der Waals surface area contributed by atoms with Crippen LogP contribution < -0.4 is 11.1 Å². The molecule has 4 aromatic rings. The van der Waals surface area contributed by atoms with Crippen molar-refractivity contribution in [2.24, 2.45) is 0 Å². The first-order valence-electron chi connectivity index (χ1n) is 8.53. The Morgan fingerprint density at radius 1 is 1.03 bits per heavy atom. The smallest absolute Gasteiger partial charge is 0.149 e. The number of aromatic nitrogens is 4. The lowest BCUT2D eigenvalue weighted by Gasteiger charge is -2.12. The second kappa shape index (κ2) is 7.25. The molecular weight excluding hydrogens is 371 g/mol. The van der Waals surface area contributed by atoms with Gasteiger partial charge in [-0.3, -0.25) is 4.57 Å². The van der Waals surface area contributed by atoms with E-state index in [1.165, 1.54) is 18.5 Å². The molecule has 0 bridgehead atoms. The molecule has 0 atom stereocenters. The molecule has 8 nitrogen and oxygen atoms in total. The molecule has 0 fully saturated rings. The molecule has 0 unspecified atom stereocenters. The molecule has 0 radical (unpaired) electrons. The minimum atomic E-state index is -0.619. The summed E-state index contributed by atoms with van der Waals surface area (Å²) >= 11 is 0. The van der Waals surface area contributed by atoms with Gasteiger partial charge in [0.05, 0.1) is 17.6 Å². The molecule has 0 amide bonds. The molecular formula is C20H13FN8. The predicted molar refractivity (Wildman–Crippen MR) is 104 cm³/mol. The Hall–Kier alpha value is -4.50. The van der Waals surface area contributed by atoms with E-state index in [1.54, 1.807) is 4.57 Å². The van der Waals surface area contributed by atoms with Crippen LogP contribution in [0, 0.1) is 28.5 Å². The summed E-state index contributed by atoms with van der Waals surface area (Å²) in [6.07, 6.45) is 1.25. The van der Waals surface area contributed by atoms with E-state index in [0.29, 0.717) is 16.9 Å². The molecule has 9 heteroatoms. The number of para-hydroxylation sites is 1. The summed E-state index contributed by atoms with van der Waals surface area (Å²) in [5.74, 6) is 0.218. The van der Waals surface area contributed by atoms with Gasteiger partial charge in [0.1, 0.15) is 52.9 Å². The van der Waals surface area contributed by atoms with Crippen molar-refractivity contribution >= 4 is 22.7 Å². The van der Waals surface area contributed by atoms with Crippen molar-refractivity contribution in [2.45, 2.75) is 6.54 Å². The van der Waals surface area contributed by atoms with Crippen LogP contribution in [0.1, 0.15) is 17.0 Å². The molecule has 0 aliphatic carbocycles. The number of nitrogen functional groups attached to an aromatic ring is 1. The average molecular weight is 384 g/mol. The molecule has 2 heterocycles. The highest BCUT2D eigenvalue weighted by Crippen LogP contribution is 2.27. The fraction of sp³-hybridized carbons (Fsp3) is 0.0500. The van der Waals surface area contributed by atoms with Crippen molar-refractivity contribution in [2.75, 3.05) is 11.1 Å². The van der Waals surface area contributed by atoms with Crippen LogP contribution in [0.2, 0.25) is 0 Å². The van der Waals surface area contributed by atoms with Crippen molar-refractivity contribution in [3.8, 4) is 17.8 Å². The van der Waals surface area contributed by atoms with Crippen molar-refractivity contribution in [1.29, 1.82) is 10.5 Å². The first kappa shape index (κ1) is 17.9. The molecule has 0 saturated carbocycles. The monoisotopic (exact) mass is 384 g/mol. The fourth-order valence-corrected chi connectivity index (χ4v) is 3.08. The van der Waals surface area contributed by atoms with E-state index in [1.807, 2.05) is 42.5 Å². The van der Waals surface area contributed by atoms with Crippen molar-refractivity contribution in [3.05, 3.63) is 71.6 Å². The summed E-state index contributed by atoms with van der Waals surface area (Å²) in [5.41, 5.74) is 7.33. The van der Waals surface area contributed by atoms with Gasteiger partial charge >= 0.3 is 0 Å². The first-order valence-corrected chi connectivity index (χ1v) is 8.53. The number of imidazole rings is 1. The lowest BCUT2D eigenvalue weighted by molar-refractivity contribution is 0.625. The van der Waals surface area contributed by atoms with Crippen LogP contribution in [0.3, 0.4) is 0 Å². The number of hydrogen-bond acceptors (Lipinski definition) is 7. The first-order chi connectivity index (χ1) is 14.1. The third-order valence-electron chi connectivity index (χ3n) is 4.37. The summed E-state index contributed by atoms with van der Waals surface area (Å²) in [4.78, 5) is 12.4. The Kier molecular flexibility index (Phi) is 4.47. The summed E-state index contributed by atoms with van der Waals surface area (Å²) in [6.45, 7) is 0.154. The largest absolute Gasteiger partial charge is 0.382 e. The predicted octanol–water partition coefficient (Wildman–Crippen LogP) is 2.89. The molecule has 3 N–H and O–H groups in total. The maximum Gasteiger partial charge on any atom is 0.149 e. The van der Waals surface area contributed by atoms with Gasteiger partial charge in [0, 0.05) is 5.69 Å². The van der Waals surface area contributed by atoms with E-state index in [4.69, 9.17) is 5.73 Å². The van der Waals surface area contributed by atoms with E-state index in [2.05, 4.69) is 20.3 Å². The zero-order valence-electron chi connectivity index (χ0n) is 15.0. The molecule has 0 aliphatic rings. The van der Waals surface area contributed by atoms with Crippen LogP contribution in [0.25, 0.3) is 16.7 Å². The summed E-state index contributed by atoms with van der Waals surface area (Å²) in [5, 5.41) is 21.8. The Labute approximate surface area is 164 Å². The standard InChI is InChI=1S/C20H13FN8/c21-15-6-7-16-18(13(15)8-22)29(12-4-2-1-3-5-12)17(28-16)10-25-20-14(9-23)19(24)26-11-27-20/h1-7,11H,10H2,(H3,24,25,26,27). The molecule has 140 valence electrons. The van der Waals surface area contributed by atoms with Crippen LogP contribution in [-0.4, -0.2) is 19.5 Å². The Balaban J connectivity index is 1.87. The molecule has 0 saturated heterocycles. The normalized spacial score (nSPS) is 10.4. The minimum absolute atomic E-state index is 0.0652. The van der Waals surface area contributed by atoms with Gasteiger partial charge < -0.3 is 11.1 Å². The highest BCUT2D eigenvalue weighted by atomic mass is 19.1. The van der Waals surface area contributed by atoms with E-state index < -0.39 is 5.82 Å². The van der Waals surface area contributed by atoms with Crippen LogP contribution in [0.15, 0.2) is 48.8 Å². The number of nitriles is 2. The number of halogens is 1. The number of nitrogens with zero attached hydrogens (tertiary/aromatic N) is 6. The van der Waals surface area contributed by atoms with E-state index in [-0.39, 0.29) is 29.3 Å². The van der Waals surface area contributed by atoms with Crippen molar-refractivity contribution in [3.63, 3.8) is 0 Å². The van der Waals surface area contributed by atoms with E-state index in [0.717, 1.165) is 5.69 Å². The molecule has 4 rings (SSSR count). The number of rotatable bonds is 4. The topological polar surface area (TPSA) is 129 Å². The third-order valence-corrected chi connectivity index (χ3v) is 4.37. The van der Waals surface area contributed by atoms with Crippen molar-refractivity contribution in [1.82, 2.24) is 19.5 Å². The van der Waals surface area contributed by atoms with Gasteiger partial charge in [0.25, 0.3) is 0 Å². The maximum atomic E-state index is 14.3. The molecule has 2 aromatic carbocycles. The number of nitrogens with two attached hydrogens (primary N) is 1. The zero-order chi connectivity index (χ0) is 20.4.